The molecule has 3 amide bonds. The van der Waals surface area contributed by atoms with Gasteiger partial charge in [-0.15, -0.1) is 6.42 Å². The number of aliphatic hydroxyl groups is 1. The average Bonchev–Trinajstić information content (AvgIpc) is 2.78. The van der Waals surface area contributed by atoms with Gasteiger partial charge < -0.3 is 25.4 Å². The Morgan fingerprint density at radius 3 is 2.40 bits per heavy atom. The lowest BCUT2D eigenvalue weighted by Gasteiger charge is -2.31. The molecule has 3 N–H and O–H groups in total. The van der Waals surface area contributed by atoms with Crippen LogP contribution >= 0.6 is 11.6 Å². The van der Waals surface area contributed by atoms with Crippen molar-refractivity contribution >= 4 is 35.2 Å². The van der Waals surface area contributed by atoms with E-state index < -0.39 is 42.2 Å². The van der Waals surface area contributed by atoms with E-state index in [9.17, 15) is 19.5 Å². The van der Waals surface area contributed by atoms with E-state index in [4.69, 9.17) is 22.8 Å². The first-order valence-electron chi connectivity index (χ1n) is 10.9. The molecule has 0 spiro atoms. The Labute approximate surface area is 210 Å². The van der Waals surface area contributed by atoms with Crippen molar-refractivity contribution < 1.29 is 24.2 Å². The second kappa shape index (κ2) is 11.7. The summed E-state index contributed by atoms with van der Waals surface area (Å²) in [5.74, 6) is 1.23. The van der Waals surface area contributed by atoms with E-state index in [1.807, 2.05) is 0 Å². The van der Waals surface area contributed by atoms with Crippen LogP contribution in [0, 0.1) is 19.3 Å². The Hall–Kier alpha value is -3.54. The minimum atomic E-state index is -1.36. The molecule has 186 valence electrons. The van der Waals surface area contributed by atoms with E-state index in [0.29, 0.717) is 21.8 Å². The zero-order valence-corrected chi connectivity index (χ0v) is 21.1. The van der Waals surface area contributed by atoms with E-state index in [1.165, 1.54) is 7.05 Å². The molecule has 0 radical (unpaired) electrons. The average molecular weight is 500 g/mol. The monoisotopic (exact) mass is 499 g/mol. The summed E-state index contributed by atoms with van der Waals surface area (Å²) in [6.45, 7) is 6.08. The highest BCUT2D eigenvalue weighted by molar-refractivity contribution is 6.34. The fraction of sp³-hybridized carbons (Fsp3) is 0.346. The van der Waals surface area contributed by atoms with Crippen LogP contribution in [0.3, 0.4) is 0 Å². The van der Waals surface area contributed by atoms with Crippen LogP contribution in [-0.4, -0.2) is 53.2 Å². The molecular formula is C26H30ClN3O5. The third-order valence-electron chi connectivity index (χ3n) is 5.04. The first-order chi connectivity index (χ1) is 16.4. The van der Waals surface area contributed by atoms with E-state index in [-0.39, 0.29) is 0 Å². The molecule has 0 heterocycles. The maximum absolute atomic E-state index is 13.5. The van der Waals surface area contributed by atoms with Gasteiger partial charge in [-0.05, 0) is 51.0 Å². The Morgan fingerprint density at radius 1 is 1.17 bits per heavy atom. The number of carbonyl (C=O) groups is 3. The molecule has 2 atom stereocenters. The highest BCUT2D eigenvalue weighted by atomic mass is 35.5. The molecule has 0 saturated heterocycles. The lowest BCUT2D eigenvalue weighted by molar-refractivity contribution is -0.139. The molecule has 0 aromatic heterocycles. The predicted molar refractivity (Wildman–Crippen MR) is 135 cm³/mol. The number of anilines is 1. The summed E-state index contributed by atoms with van der Waals surface area (Å²) >= 11 is 6.29. The number of hydrogen-bond acceptors (Lipinski definition) is 5. The van der Waals surface area contributed by atoms with Gasteiger partial charge in [0.1, 0.15) is 17.7 Å². The molecule has 8 nitrogen and oxygen atoms in total. The number of halogens is 1. The van der Waals surface area contributed by atoms with Crippen molar-refractivity contribution in [2.75, 3.05) is 19.0 Å². The van der Waals surface area contributed by atoms with Crippen LogP contribution in [0.2, 0.25) is 5.02 Å². The number of aliphatic hydroxyl groups excluding tert-OH is 1. The van der Waals surface area contributed by atoms with Gasteiger partial charge in [0.05, 0.1) is 17.3 Å². The minimum Gasteiger partial charge on any atom is -0.444 e. The molecule has 2 unspecified atom stereocenters. The zero-order chi connectivity index (χ0) is 26.3. The fourth-order valence-electron chi connectivity index (χ4n) is 3.38. The molecular weight excluding hydrogens is 470 g/mol. The lowest BCUT2D eigenvalue weighted by Crippen LogP contribution is -2.52. The third-order valence-corrected chi connectivity index (χ3v) is 5.35. The number of carbonyl (C=O) groups excluding carboxylic acids is 3. The van der Waals surface area contributed by atoms with Gasteiger partial charge in [-0.3, -0.25) is 9.59 Å². The number of alkyl carbamates (subject to hydrolysis) is 1. The van der Waals surface area contributed by atoms with Gasteiger partial charge in [-0.1, -0.05) is 47.9 Å². The first kappa shape index (κ1) is 27.7. The van der Waals surface area contributed by atoms with Gasteiger partial charge in [0.15, 0.2) is 0 Å². The van der Waals surface area contributed by atoms with Crippen molar-refractivity contribution in [2.45, 2.75) is 45.4 Å². The van der Waals surface area contributed by atoms with Crippen molar-refractivity contribution in [3.05, 3.63) is 64.2 Å². The van der Waals surface area contributed by atoms with Gasteiger partial charge in [-0.2, -0.15) is 0 Å². The molecule has 35 heavy (non-hydrogen) atoms. The smallest absolute Gasteiger partial charge is 0.408 e. The van der Waals surface area contributed by atoms with E-state index >= 15 is 0 Å². The molecule has 0 aliphatic heterocycles. The number of nitrogens with one attached hydrogen (secondary N) is 2. The number of ether oxygens (including phenoxy) is 1. The number of terminal acetylenes is 1. The van der Waals surface area contributed by atoms with Crippen LogP contribution in [0.4, 0.5) is 10.5 Å². The van der Waals surface area contributed by atoms with Crippen LogP contribution in [-0.2, 0) is 14.3 Å². The summed E-state index contributed by atoms with van der Waals surface area (Å²) in [5.41, 5.74) is 1.11. The summed E-state index contributed by atoms with van der Waals surface area (Å²) in [6, 6.07) is 9.32. The molecule has 0 saturated carbocycles. The molecule has 2 rings (SSSR count). The summed E-state index contributed by atoms with van der Waals surface area (Å²) < 4.78 is 5.18. The maximum Gasteiger partial charge on any atom is 0.408 e. The Morgan fingerprint density at radius 2 is 1.83 bits per heavy atom. The van der Waals surface area contributed by atoms with Crippen molar-refractivity contribution in [2.24, 2.45) is 0 Å². The van der Waals surface area contributed by atoms with E-state index in [0.717, 1.165) is 10.5 Å². The molecule has 0 aliphatic rings. The largest absolute Gasteiger partial charge is 0.444 e. The van der Waals surface area contributed by atoms with Crippen LogP contribution in [0.15, 0.2) is 42.5 Å². The number of aryl methyl sites for hydroxylation is 1. The highest BCUT2D eigenvalue weighted by Crippen LogP contribution is 2.29. The number of benzene rings is 2. The van der Waals surface area contributed by atoms with E-state index in [2.05, 4.69) is 16.6 Å². The molecule has 9 heteroatoms. The predicted octanol–water partition coefficient (Wildman–Crippen LogP) is 3.65. The quantitative estimate of drug-likeness (QED) is 0.504. The van der Waals surface area contributed by atoms with Gasteiger partial charge in [0.2, 0.25) is 5.91 Å². The first-order valence-corrected chi connectivity index (χ1v) is 11.3. The summed E-state index contributed by atoms with van der Waals surface area (Å²) in [6.07, 6.45) is 4.78. The standard InChI is InChI=1S/C26H30ClN3O5/c1-7-17-12-8-9-13-18(17)22(23(32)29-21-16(2)11-10-14-19(21)27)30(6)24(33)20(15-31)28-25(34)35-26(3,4)5/h1,8-14,20,22,31H,15H2,2-6H3,(H,28,34)(H,29,32). The molecule has 0 aliphatic carbocycles. The van der Waals surface area contributed by atoms with Gasteiger partial charge in [0.25, 0.3) is 5.91 Å². The van der Waals surface area contributed by atoms with Crippen LogP contribution in [0.25, 0.3) is 0 Å². The number of amides is 3. The summed E-state index contributed by atoms with van der Waals surface area (Å²) in [5, 5.41) is 15.3. The van der Waals surface area contributed by atoms with Crippen molar-refractivity contribution in [3.8, 4) is 12.3 Å². The Kier molecular flexibility index (Phi) is 9.29. The zero-order valence-electron chi connectivity index (χ0n) is 20.4. The summed E-state index contributed by atoms with van der Waals surface area (Å²) in [4.78, 5) is 40.2. The van der Waals surface area contributed by atoms with Crippen molar-refractivity contribution in [1.82, 2.24) is 10.2 Å². The topological polar surface area (TPSA) is 108 Å². The maximum atomic E-state index is 13.5. The number of likely N-dealkylation sites (N-methyl/N-ethyl adjacent to an activating group) is 1. The second-order valence-electron chi connectivity index (χ2n) is 8.89. The lowest BCUT2D eigenvalue weighted by atomic mass is 9.98. The Balaban J connectivity index is 2.44. The normalized spacial score (nSPS) is 12.6. The number of rotatable bonds is 7. The second-order valence-corrected chi connectivity index (χ2v) is 9.29. The van der Waals surface area contributed by atoms with Crippen molar-refractivity contribution in [3.63, 3.8) is 0 Å². The molecule has 2 aromatic carbocycles. The fourth-order valence-corrected chi connectivity index (χ4v) is 3.65. The van der Waals surface area contributed by atoms with E-state index in [1.54, 1.807) is 70.2 Å². The summed E-state index contributed by atoms with van der Waals surface area (Å²) in [7, 11) is 1.39. The van der Waals surface area contributed by atoms with Crippen LogP contribution < -0.4 is 10.6 Å². The highest BCUT2D eigenvalue weighted by Gasteiger charge is 2.35. The number of hydrogen-bond donors (Lipinski definition) is 3. The van der Waals surface area contributed by atoms with Gasteiger partial charge in [0, 0.05) is 12.6 Å². The Bertz CT molecular complexity index is 1120. The van der Waals surface area contributed by atoms with Crippen LogP contribution in [0.5, 0.6) is 0 Å². The van der Waals surface area contributed by atoms with Gasteiger partial charge >= 0.3 is 6.09 Å². The number of nitrogens with zero attached hydrogens (tertiary/aromatic N) is 1. The van der Waals surface area contributed by atoms with Crippen molar-refractivity contribution in [1.29, 1.82) is 0 Å². The third kappa shape index (κ3) is 7.22. The molecule has 0 bridgehead atoms. The molecule has 0 fully saturated rings. The minimum absolute atomic E-state index is 0.330. The van der Waals surface area contributed by atoms with Gasteiger partial charge in [-0.25, -0.2) is 4.79 Å². The van der Waals surface area contributed by atoms with Crippen LogP contribution in [0.1, 0.15) is 43.5 Å². The number of para-hydroxylation sites is 1. The SMILES string of the molecule is C#Cc1ccccc1C(C(=O)Nc1c(C)cccc1Cl)N(C)C(=O)C(CO)NC(=O)OC(C)(C)C. The molecule has 2 aromatic rings.